The molecule has 2 aromatic carbocycles. The number of benzene rings is 2. The van der Waals surface area contributed by atoms with Crippen LogP contribution in [0.3, 0.4) is 0 Å². The van der Waals surface area contributed by atoms with Crippen molar-refractivity contribution in [3.8, 4) is 11.5 Å². The maximum atomic E-state index is 12.0. The lowest BCUT2D eigenvalue weighted by Gasteiger charge is -2.02. The molecule has 0 aliphatic rings. The molecule has 2 rings (SSSR count). The molecule has 0 bridgehead atoms. The third-order valence-corrected chi connectivity index (χ3v) is 3.53. The van der Waals surface area contributed by atoms with Crippen LogP contribution in [0, 0.1) is 0 Å². The predicted octanol–water partition coefficient (Wildman–Crippen LogP) is 4.35. The van der Waals surface area contributed by atoms with Crippen LogP contribution in [0.4, 0.5) is 0 Å². The summed E-state index contributed by atoms with van der Waals surface area (Å²) in [4.78, 5) is 23.9. The average molecular weight is 350 g/mol. The second-order valence-corrected chi connectivity index (χ2v) is 5.56. The first-order valence-electron chi connectivity index (χ1n) is 8.39. The summed E-state index contributed by atoms with van der Waals surface area (Å²) in [5.74, 6) is 0.977. The number of allylic oxidation sites excluding steroid dienone is 2. The van der Waals surface area contributed by atoms with Gasteiger partial charge in [-0.25, -0.2) is 0 Å². The van der Waals surface area contributed by atoms with Crippen molar-refractivity contribution in [2.75, 3.05) is 13.7 Å². The number of carbonyl (C=O) groups excluding carboxylic acids is 2. The minimum Gasteiger partial charge on any atom is -0.497 e. The third kappa shape index (κ3) is 6.40. The van der Waals surface area contributed by atoms with Crippen LogP contribution in [-0.4, -0.2) is 25.3 Å². The van der Waals surface area contributed by atoms with E-state index in [0.717, 1.165) is 16.9 Å². The highest BCUT2D eigenvalue weighted by Gasteiger charge is 2.04. The molecule has 2 aromatic rings. The number of ether oxygens (including phenoxy) is 2. The van der Waals surface area contributed by atoms with Crippen molar-refractivity contribution < 1.29 is 19.1 Å². The average Bonchev–Trinajstić information content (AvgIpc) is 2.65. The van der Waals surface area contributed by atoms with Gasteiger partial charge in [-0.1, -0.05) is 36.4 Å². The molecule has 134 valence electrons. The molecule has 0 radical (unpaired) electrons. The molecule has 0 saturated carbocycles. The standard InChI is InChI=1S/C22H22O4/c1-3-26-22-9-5-7-18(15-22)11-13-20(24)16-19(23)12-10-17-6-4-8-21(14-17)25-2/h4-15H,3,16H2,1-2H3/b12-10+,13-11+. The van der Waals surface area contributed by atoms with Gasteiger partial charge in [0.15, 0.2) is 11.6 Å². The summed E-state index contributed by atoms with van der Waals surface area (Å²) in [6, 6.07) is 14.8. The van der Waals surface area contributed by atoms with E-state index in [1.165, 1.54) is 12.2 Å². The molecule has 0 saturated heterocycles. The van der Waals surface area contributed by atoms with Crippen molar-refractivity contribution in [3.63, 3.8) is 0 Å². The van der Waals surface area contributed by atoms with Gasteiger partial charge in [0, 0.05) is 0 Å². The summed E-state index contributed by atoms with van der Waals surface area (Å²) in [5.41, 5.74) is 1.69. The van der Waals surface area contributed by atoms with E-state index in [9.17, 15) is 9.59 Å². The quantitative estimate of drug-likeness (QED) is 0.498. The van der Waals surface area contributed by atoms with Crippen LogP contribution in [0.1, 0.15) is 24.5 Å². The zero-order valence-electron chi connectivity index (χ0n) is 15.0. The molecule has 0 fully saturated rings. The fourth-order valence-electron chi connectivity index (χ4n) is 2.29. The Morgan fingerprint density at radius 3 is 1.96 bits per heavy atom. The van der Waals surface area contributed by atoms with Crippen LogP contribution in [0.25, 0.3) is 12.2 Å². The zero-order valence-corrected chi connectivity index (χ0v) is 15.0. The highest BCUT2D eigenvalue weighted by atomic mass is 16.5. The summed E-state index contributed by atoms with van der Waals surface area (Å²) in [6.07, 6.45) is 6.03. The van der Waals surface area contributed by atoms with Crippen molar-refractivity contribution in [1.29, 1.82) is 0 Å². The van der Waals surface area contributed by atoms with Crippen LogP contribution >= 0.6 is 0 Å². The largest absolute Gasteiger partial charge is 0.497 e. The van der Waals surface area contributed by atoms with E-state index in [2.05, 4.69) is 0 Å². The SMILES string of the molecule is CCOc1cccc(/C=C/C(=O)CC(=O)/C=C/c2cccc(OC)c2)c1. The Morgan fingerprint density at radius 1 is 0.885 bits per heavy atom. The van der Waals surface area contributed by atoms with Gasteiger partial charge in [0.05, 0.1) is 20.1 Å². The highest BCUT2D eigenvalue weighted by Crippen LogP contribution is 2.15. The summed E-state index contributed by atoms with van der Waals surface area (Å²) in [5, 5.41) is 0. The second-order valence-electron chi connectivity index (χ2n) is 5.56. The van der Waals surface area contributed by atoms with Crippen molar-refractivity contribution in [2.24, 2.45) is 0 Å². The lowest BCUT2D eigenvalue weighted by Crippen LogP contribution is -2.01. The maximum Gasteiger partial charge on any atom is 0.163 e. The van der Waals surface area contributed by atoms with Crippen molar-refractivity contribution in [2.45, 2.75) is 13.3 Å². The first-order chi connectivity index (χ1) is 12.6. The fraction of sp³-hybridized carbons (Fsp3) is 0.182. The number of ketones is 2. The van der Waals surface area contributed by atoms with Gasteiger partial charge >= 0.3 is 0 Å². The molecule has 0 amide bonds. The Kier molecular flexibility index (Phi) is 7.37. The summed E-state index contributed by atoms with van der Waals surface area (Å²) in [7, 11) is 1.59. The van der Waals surface area contributed by atoms with E-state index >= 15 is 0 Å². The minimum atomic E-state index is -0.245. The fourth-order valence-corrected chi connectivity index (χ4v) is 2.29. The van der Waals surface area contributed by atoms with Gasteiger partial charge in [0.25, 0.3) is 0 Å². The molecule has 0 N–H and O–H groups in total. The third-order valence-electron chi connectivity index (χ3n) is 3.53. The van der Waals surface area contributed by atoms with E-state index in [0.29, 0.717) is 12.4 Å². The van der Waals surface area contributed by atoms with Gasteiger partial charge in [0.1, 0.15) is 11.5 Å². The Morgan fingerprint density at radius 2 is 1.42 bits per heavy atom. The summed E-state index contributed by atoms with van der Waals surface area (Å²) < 4.78 is 10.6. The van der Waals surface area contributed by atoms with Crippen LogP contribution in [-0.2, 0) is 9.59 Å². The van der Waals surface area contributed by atoms with Crippen molar-refractivity contribution in [1.82, 2.24) is 0 Å². The number of hydrogen-bond donors (Lipinski definition) is 0. The van der Waals surface area contributed by atoms with E-state index in [1.54, 1.807) is 19.3 Å². The molecule has 0 atom stereocenters. The first kappa shape index (κ1) is 19.2. The molecular formula is C22H22O4. The van der Waals surface area contributed by atoms with Crippen LogP contribution < -0.4 is 9.47 Å². The Bertz CT molecular complexity index is 818. The number of hydrogen-bond acceptors (Lipinski definition) is 4. The van der Waals surface area contributed by atoms with E-state index in [4.69, 9.17) is 9.47 Å². The lowest BCUT2D eigenvalue weighted by atomic mass is 10.1. The van der Waals surface area contributed by atoms with Gasteiger partial charge in [-0.15, -0.1) is 0 Å². The zero-order chi connectivity index (χ0) is 18.8. The van der Waals surface area contributed by atoms with Crippen LogP contribution in [0.2, 0.25) is 0 Å². The minimum absolute atomic E-state index is 0.165. The van der Waals surface area contributed by atoms with Crippen molar-refractivity contribution >= 4 is 23.7 Å². The van der Waals surface area contributed by atoms with Crippen LogP contribution in [0.15, 0.2) is 60.7 Å². The molecule has 0 aliphatic carbocycles. The van der Waals surface area contributed by atoms with Crippen LogP contribution in [0.5, 0.6) is 11.5 Å². The molecule has 0 heterocycles. The smallest absolute Gasteiger partial charge is 0.163 e. The van der Waals surface area contributed by atoms with Gasteiger partial charge < -0.3 is 9.47 Å². The normalized spacial score (nSPS) is 11.0. The second kappa shape index (κ2) is 9.99. The highest BCUT2D eigenvalue weighted by molar-refractivity contribution is 6.10. The van der Waals surface area contributed by atoms with Gasteiger partial charge in [-0.2, -0.15) is 0 Å². The molecule has 0 spiro atoms. The van der Waals surface area contributed by atoms with Gasteiger partial charge in [-0.3, -0.25) is 9.59 Å². The lowest BCUT2D eigenvalue weighted by molar-refractivity contribution is -0.121. The molecular weight excluding hydrogens is 328 g/mol. The number of methoxy groups -OCH3 is 1. The maximum absolute atomic E-state index is 12.0. The van der Waals surface area contributed by atoms with E-state index in [1.807, 2.05) is 55.5 Å². The molecule has 4 heteroatoms. The molecule has 0 aromatic heterocycles. The summed E-state index contributed by atoms with van der Waals surface area (Å²) >= 11 is 0. The monoisotopic (exact) mass is 350 g/mol. The Balaban J connectivity index is 1.91. The van der Waals surface area contributed by atoms with E-state index in [-0.39, 0.29) is 18.0 Å². The molecule has 26 heavy (non-hydrogen) atoms. The first-order valence-corrected chi connectivity index (χ1v) is 8.39. The number of carbonyl (C=O) groups is 2. The van der Waals surface area contributed by atoms with Crippen molar-refractivity contribution in [3.05, 3.63) is 71.8 Å². The number of rotatable bonds is 9. The van der Waals surface area contributed by atoms with Gasteiger partial charge in [0.2, 0.25) is 0 Å². The molecule has 4 nitrogen and oxygen atoms in total. The molecule has 0 aliphatic heterocycles. The topological polar surface area (TPSA) is 52.6 Å². The Labute approximate surface area is 153 Å². The van der Waals surface area contributed by atoms with E-state index < -0.39 is 0 Å². The van der Waals surface area contributed by atoms with Gasteiger partial charge in [-0.05, 0) is 54.5 Å². The Hall–Kier alpha value is -3.14. The predicted molar refractivity (Wildman–Crippen MR) is 103 cm³/mol. The molecule has 0 unspecified atom stereocenters. The summed E-state index contributed by atoms with van der Waals surface area (Å²) in [6.45, 7) is 2.50.